The van der Waals surface area contributed by atoms with Gasteiger partial charge in [0.1, 0.15) is 13.2 Å². The van der Waals surface area contributed by atoms with Gasteiger partial charge in [0, 0.05) is 15.9 Å². The Labute approximate surface area is 160 Å². The Balaban J connectivity index is 1.62. The lowest BCUT2D eigenvalue weighted by molar-refractivity contribution is -0.121. The Kier molecular flexibility index (Phi) is 5.86. The third-order valence-corrected chi connectivity index (χ3v) is 5.14. The number of fused-ring (bicyclic) bond motifs is 1. The van der Waals surface area contributed by atoms with Crippen LogP contribution in [0.25, 0.3) is 0 Å². The van der Waals surface area contributed by atoms with Gasteiger partial charge in [-0.15, -0.1) is 0 Å². The molecule has 0 saturated heterocycles. The van der Waals surface area contributed by atoms with Crippen molar-refractivity contribution >= 4 is 33.4 Å². The molecule has 2 aromatic rings. The van der Waals surface area contributed by atoms with E-state index in [4.69, 9.17) is 21.1 Å². The predicted molar refractivity (Wildman–Crippen MR) is 101 cm³/mol. The van der Waals surface area contributed by atoms with Crippen LogP contribution in [0.5, 0.6) is 11.5 Å². The summed E-state index contributed by atoms with van der Waals surface area (Å²) in [6, 6.07) is 11.2. The minimum Gasteiger partial charge on any atom is -0.486 e. The number of aryl methyl sites for hydroxylation is 1. The highest BCUT2D eigenvalue weighted by molar-refractivity contribution is 9.10. The minimum absolute atomic E-state index is 0.0193. The molecule has 1 amide bonds. The van der Waals surface area contributed by atoms with Crippen molar-refractivity contribution in [1.82, 2.24) is 5.32 Å². The maximum absolute atomic E-state index is 12.3. The molecule has 0 aromatic heterocycles. The summed E-state index contributed by atoms with van der Waals surface area (Å²) in [7, 11) is 0. The van der Waals surface area contributed by atoms with Crippen LogP contribution in [-0.2, 0) is 11.2 Å². The molecule has 1 aliphatic heterocycles. The van der Waals surface area contributed by atoms with Crippen LogP contribution in [0, 0.1) is 0 Å². The van der Waals surface area contributed by atoms with Crippen molar-refractivity contribution in [1.29, 1.82) is 0 Å². The maximum Gasteiger partial charge on any atom is 0.220 e. The summed E-state index contributed by atoms with van der Waals surface area (Å²) < 4.78 is 12.1. The average molecular weight is 425 g/mol. The van der Waals surface area contributed by atoms with Gasteiger partial charge < -0.3 is 14.8 Å². The normalized spacial score (nSPS) is 14.0. The van der Waals surface area contributed by atoms with Crippen molar-refractivity contribution in [2.24, 2.45) is 0 Å². The number of halogens is 2. The van der Waals surface area contributed by atoms with Crippen LogP contribution in [0.4, 0.5) is 0 Å². The van der Waals surface area contributed by atoms with Gasteiger partial charge in [-0.1, -0.05) is 45.7 Å². The van der Waals surface area contributed by atoms with Crippen molar-refractivity contribution < 1.29 is 14.3 Å². The standard InChI is InChI=1S/C19H19BrClNO3/c1-12(14-10-17-18(11-15(14)20)25-9-8-24-17)22-19(23)7-6-13-4-2-3-5-16(13)21/h2-5,10-12H,6-9H2,1H3,(H,22,23). The van der Waals surface area contributed by atoms with Gasteiger partial charge in [0.05, 0.1) is 6.04 Å². The molecule has 4 nitrogen and oxygen atoms in total. The zero-order valence-corrected chi connectivity index (χ0v) is 16.2. The summed E-state index contributed by atoms with van der Waals surface area (Å²) >= 11 is 9.68. The first-order valence-electron chi connectivity index (χ1n) is 8.16. The number of carbonyl (C=O) groups excluding carboxylic acids is 1. The van der Waals surface area contributed by atoms with E-state index in [1.165, 1.54) is 0 Å². The molecule has 25 heavy (non-hydrogen) atoms. The second kappa shape index (κ2) is 8.11. The Morgan fingerprint density at radius 1 is 1.24 bits per heavy atom. The van der Waals surface area contributed by atoms with Crippen LogP contribution in [0.2, 0.25) is 5.02 Å². The van der Waals surface area contributed by atoms with Gasteiger partial charge in [0.2, 0.25) is 5.91 Å². The lowest BCUT2D eigenvalue weighted by Gasteiger charge is -2.22. The van der Waals surface area contributed by atoms with Gasteiger partial charge in [-0.3, -0.25) is 4.79 Å². The molecule has 1 N–H and O–H groups in total. The Morgan fingerprint density at radius 3 is 2.64 bits per heavy atom. The molecule has 1 aliphatic rings. The van der Waals surface area contributed by atoms with Crippen molar-refractivity contribution in [2.75, 3.05) is 13.2 Å². The second-order valence-electron chi connectivity index (χ2n) is 5.90. The molecule has 1 unspecified atom stereocenters. The number of hydrogen-bond acceptors (Lipinski definition) is 3. The lowest BCUT2D eigenvalue weighted by atomic mass is 10.1. The molecule has 1 heterocycles. The van der Waals surface area contributed by atoms with Crippen molar-refractivity contribution in [3.05, 3.63) is 57.0 Å². The van der Waals surface area contributed by atoms with Gasteiger partial charge in [-0.25, -0.2) is 0 Å². The molecular formula is C19H19BrClNO3. The monoisotopic (exact) mass is 423 g/mol. The van der Waals surface area contributed by atoms with E-state index < -0.39 is 0 Å². The molecule has 0 bridgehead atoms. The smallest absolute Gasteiger partial charge is 0.220 e. The van der Waals surface area contributed by atoms with E-state index in [0.717, 1.165) is 21.3 Å². The summed E-state index contributed by atoms with van der Waals surface area (Å²) in [5.41, 5.74) is 1.93. The van der Waals surface area contributed by atoms with Crippen LogP contribution in [0.15, 0.2) is 40.9 Å². The fourth-order valence-electron chi connectivity index (χ4n) is 2.75. The summed E-state index contributed by atoms with van der Waals surface area (Å²) in [4.78, 5) is 12.3. The van der Waals surface area contributed by atoms with Crippen molar-refractivity contribution in [2.45, 2.75) is 25.8 Å². The van der Waals surface area contributed by atoms with E-state index in [-0.39, 0.29) is 11.9 Å². The third kappa shape index (κ3) is 4.47. The van der Waals surface area contributed by atoms with Crippen molar-refractivity contribution in [3.8, 4) is 11.5 Å². The lowest BCUT2D eigenvalue weighted by Crippen LogP contribution is -2.27. The van der Waals surface area contributed by atoms with Crippen LogP contribution in [0.1, 0.15) is 30.5 Å². The summed E-state index contributed by atoms with van der Waals surface area (Å²) in [6.45, 7) is 3.03. The molecule has 2 aromatic carbocycles. The summed E-state index contributed by atoms with van der Waals surface area (Å²) in [5.74, 6) is 1.41. The van der Waals surface area contributed by atoms with Gasteiger partial charge in [-0.2, -0.15) is 0 Å². The number of benzene rings is 2. The highest BCUT2D eigenvalue weighted by Gasteiger charge is 2.19. The number of rotatable bonds is 5. The van der Waals surface area contributed by atoms with Gasteiger partial charge >= 0.3 is 0 Å². The second-order valence-corrected chi connectivity index (χ2v) is 7.16. The van der Waals surface area contributed by atoms with Crippen LogP contribution in [0.3, 0.4) is 0 Å². The van der Waals surface area contributed by atoms with Crippen LogP contribution >= 0.6 is 27.5 Å². The first-order chi connectivity index (χ1) is 12.0. The number of ether oxygens (including phenoxy) is 2. The zero-order valence-electron chi connectivity index (χ0n) is 13.9. The quantitative estimate of drug-likeness (QED) is 0.758. The average Bonchev–Trinajstić information content (AvgIpc) is 2.60. The zero-order chi connectivity index (χ0) is 17.8. The van der Waals surface area contributed by atoms with Gasteiger partial charge in [0.25, 0.3) is 0 Å². The molecular weight excluding hydrogens is 406 g/mol. The first kappa shape index (κ1) is 18.1. The van der Waals surface area contributed by atoms with Crippen LogP contribution < -0.4 is 14.8 Å². The molecule has 0 aliphatic carbocycles. The summed E-state index contributed by atoms with van der Waals surface area (Å²) in [6.07, 6.45) is 0.997. The van der Waals surface area contributed by atoms with Gasteiger partial charge in [-0.05, 0) is 42.7 Å². The van der Waals surface area contributed by atoms with E-state index in [2.05, 4.69) is 21.2 Å². The van der Waals surface area contributed by atoms with E-state index in [1.807, 2.05) is 43.3 Å². The highest BCUT2D eigenvalue weighted by atomic mass is 79.9. The Morgan fingerprint density at radius 2 is 1.92 bits per heavy atom. The number of hydrogen-bond donors (Lipinski definition) is 1. The first-order valence-corrected chi connectivity index (χ1v) is 9.33. The fourth-order valence-corrected chi connectivity index (χ4v) is 3.65. The van der Waals surface area contributed by atoms with Crippen LogP contribution in [-0.4, -0.2) is 19.1 Å². The minimum atomic E-state index is -0.149. The predicted octanol–water partition coefficient (Wildman–Crippen LogP) is 4.68. The Hall–Kier alpha value is -1.72. The molecule has 1 atom stereocenters. The SMILES string of the molecule is CC(NC(=O)CCc1ccccc1Cl)c1cc2c(cc1Br)OCCO2. The topological polar surface area (TPSA) is 47.6 Å². The van der Waals surface area contributed by atoms with E-state index in [9.17, 15) is 4.79 Å². The highest BCUT2D eigenvalue weighted by Crippen LogP contribution is 2.37. The molecule has 6 heteroatoms. The molecule has 0 radical (unpaired) electrons. The molecule has 3 rings (SSSR count). The van der Waals surface area contributed by atoms with E-state index in [1.54, 1.807) is 0 Å². The van der Waals surface area contributed by atoms with Gasteiger partial charge in [0.15, 0.2) is 11.5 Å². The number of nitrogens with one attached hydrogen (secondary N) is 1. The molecule has 0 spiro atoms. The largest absolute Gasteiger partial charge is 0.486 e. The van der Waals surface area contributed by atoms with Crippen molar-refractivity contribution in [3.63, 3.8) is 0 Å². The summed E-state index contributed by atoms with van der Waals surface area (Å²) in [5, 5.41) is 3.72. The third-order valence-electron chi connectivity index (χ3n) is 4.08. The fraction of sp³-hybridized carbons (Fsp3) is 0.316. The molecule has 0 fully saturated rings. The molecule has 0 saturated carbocycles. The maximum atomic E-state index is 12.3. The van der Waals surface area contributed by atoms with E-state index in [0.29, 0.717) is 36.8 Å². The number of amides is 1. The number of carbonyl (C=O) groups is 1. The van der Waals surface area contributed by atoms with E-state index >= 15 is 0 Å². The molecule has 132 valence electrons. The Bertz CT molecular complexity index is 781.